The van der Waals surface area contributed by atoms with Crippen molar-refractivity contribution in [3.05, 3.63) is 29.3 Å². The molecule has 0 amide bonds. The monoisotopic (exact) mass is 317 g/mol. The fourth-order valence-corrected chi connectivity index (χ4v) is 2.29. The summed E-state index contributed by atoms with van der Waals surface area (Å²) in [5, 5.41) is 2.97. The average Bonchev–Trinajstić information content (AvgIpc) is 2.43. The van der Waals surface area contributed by atoms with Gasteiger partial charge in [-0.1, -0.05) is 6.07 Å². The van der Waals surface area contributed by atoms with Crippen molar-refractivity contribution in [1.29, 1.82) is 0 Å². The van der Waals surface area contributed by atoms with E-state index in [-0.39, 0.29) is 18.4 Å². The number of nitrogens with two attached hydrogens (primary N) is 1. The van der Waals surface area contributed by atoms with Crippen molar-refractivity contribution in [3.63, 3.8) is 0 Å². The number of anilines is 1. The lowest BCUT2D eigenvalue weighted by atomic mass is 9.92. The van der Waals surface area contributed by atoms with E-state index in [2.05, 4.69) is 5.23 Å². The first-order chi connectivity index (χ1) is 10.7. The van der Waals surface area contributed by atoms with Crippen LogP contribution in [-0.4, -0.2) is 31.2 Å². The number of nitrogens with one attached hydrogen (secondary N) is 1. The summed E-state index contributed by atoms with van der Waals surface area (Å²) >= 11 is 0. The Hall–Kier alpha value is -1.82. The van der Waals surface area contributed by atoms with Gasteiger partial charge >= 0.3 is 5.97 Å². The number of carbonyl (C=O) groups excluding carboxylic acids is 2. The van der Waals surface area contributed by atoms with Gasteiger partial charge in [-0.05, 0) is 63.8 Å². The van der Waals surface area contributed by atoms with Crippen LogP contribution < -0.4 is 11.0 Å². The number of esters is 1. The van der Waals surface area contributed by atoms with E-state index in [0.29, 0.717) is 12.6 Å². The predicted molar refractivity (Wildman–Crippen MR) is 93.8 cm³/mol. The third-order valence-corrected chi connectivity index (χ3v) is 3.37. The molecular weight excluding hydrogens is 291 g/mol. The Morgan fingerprint density at radius 2 is 2.13 bits per heavy atom. The molecule has 0 aliphatic rings. The van der Waals surface area contributed by atoms with E-state index >= 15 is 0 Å². The molecule has 125 valence electrons. The van der Waals surface area contributed by atoms with Crippen molar-refractivity contribution in [3.8, 4) is 0 Å². The lowest BCUT2D eigenvalue weighted by Crippen LogP contribution is -2.37. The normalized spacial score (nSPS) is 12.5. The molecule has 0 heterocycles. The minimum atomic E-state index is -0.513. The molecule has 1 rings (SSSR count). The van der Waals surface area contributed by atoms with Crippen molar-refractivity contribution in [2.24, 2.45) is 0 Å². The molecule has 23 heavy (non-hydrogen) atoms. The number of carbonyl (C=O) groups is 2. The summed E-state index contributed by atoms with van der Waals surface area (Å²) in [7, 11) is 1.32. The molecule has 0 aromatic heterocycles. The van der Waals surface area contributed by atoms with E-state index in [0.717, 1.165) is 23.2 Å². The number of aryl methyl sites for hydroxylation is 2. The Bertz CT molecular complexity index is 541. The summed E-state index contributed by atoms with van der Waals surface area (Å²) in [4.78, 5) is 22.5. The second-order valence-corrected chi connectivity index (χ2v) is 6.68. The van der Waals surface area contributed by atoms with Crippen LogP contribution >= 0.6 is 0 Å². The van der Waals surface area contributed by atoms with Gasteiger partial charge in [0, 0.05) is 11.7 Å². The van der Waals surface area contributed by atoms with Gasteiger partial charge in [-0.15, -0.1) is 0 Å². The van der Waals surface area contributed by atoms with Crippen LogP contribution in [0.3, 0.4) is 0 Å². The van der Waals surface area contributed by atoms with Gasteiger partial charge in [0.05, 0.1) is 12.6 Å². The second-order valence-electron chi connectivity index (χ2n) is 6.68. The van der Waals surface area contributed by atoms with Crippen molar-refractivity contribution in [2.45, 2.75) is 58.6 Å². The van der Waals surface area contributed by atoms with Crippen LogP contribution in [0.5, 0.6) is 0 Å². The summed E-state index contributed by atoms with van der Waals surface area (Å²) in [6.45, 7) is 7.53. The SMILES string of the molecule is Cc1ccc(N)cc1CC[C@@H](CC(=O)OC(C)(C)C)N[B]C=O. The molecule has 0 spiro atoms. The first kappa shape index (κ1) is 19.2. The zero-order chi connectivity index (χ0) is 17.5. The minimum Gasteiger partial charge on any atom is -0.460 e. The zero-order valence-electron chi connectivity index (χ0n) is 14.4. The standard InChI is InChI=1S/C17H26BN2O3/c1-12-5-7-14(19)9-13(12)6-8-15(20-18-11-21)10-16(22)23-17(2,3)4/h5,7,9,11,15,20H,6,8,10,19H2,1-4H3/t15-/m0/s1. The van der Waals surface area contributed by atoms with Crippen molar-refractivity contribution in [1.82, 2.24) is 5.23 Å². The number of benzene rings is 1. The number of rotatable bonds is 8. The molecule has 0 aliphatic heterocycles. The Morgan fingerprint density at radius 3 is 2.74 bits per heavy atom. The van der Waals surface area contributed by atoms with Crippen LogP contribution in [0.15, 0.2) is 18.2 Å². The smallest absolute Gasteiger partial charge is 0.307 e. The third kappa shape index (κ3) is 7.84. The first-order valence-electron chi connectivity index (χ1n) is 7.81. The molecule has 0 saturated carbocycles. The van der Waals surface area contributed by atoms with Crippen molar-refractivity contribution < 1.29 is 14.3 Å². The van der Waals surface area contributed by atoms with E-state index in [1.165, 1.54) is 7.41 Å². The molecule has 6 heteroatoms. The molecular formula is C17H26BN2O3. The Morgan fingerprint density at radius 1 is 1.43 bits per heavy atom. The highest BCUT2D eigenvalue weighted by Crippen LogP contribution is 2.17. The molecule has 1 aromatic rings. The van der Waals surface area contributed by atoms with E-state index in [1.54, 1.807) is 0 Å². The van der Waals surface area contributed by atoms with Crippen LogP contribution in [-0.2, 0) is 20.7 Å². The summed E-state index contributed by atoms with van der Waals surface area (Å²) in [5.74, 6) is -0.279. The molecule has 0 fully saturated rings. The van der Waals surface area contributed by atoms with Gasteiger partial charge < -0.3 is 20.5 Å². The van der Waals surface area contributed by atoms with Gasteiger partial charge in [-0.3, -0.25) is 4.79 Å². The lowest BCUT2D eigenvalue weighted by Gasteiger charge is -2.23. The predicted octanol–water partition coefficient (Wildman–Crippen LogP) is 2.01. The quantitative estimate of drug-likeness (QED) is 0.332. The topological polar surface area (TPSA) is 81.4 Å². The highest BCUT2D eigenvalue weighted by Gasteiger charge is 2.20. The molecule has 0 saturated heterocycles. The van der Waals surface area contributed by atoms with E-state index in [1.807, 2.05) is 45.9 Å². The highest BCUT2D eigenvalue weighted by atomic mass is 16.6. The molecule has 1 radical (unpaired) electrons. The average molecular weight is 317 g/mol. The number of ether oxygens (including phenoxy) is 1. The van der Waals surface area contributed by atoms with E-state index < -0.39 is 5.60 Å². The van der Waals surface area contributed by atoms with Gasteiger partial charge in [0.25, 0.3) is 7.41 Å². The van der Waals surface area contributed by atoms with E-state index in [4.69, 9.17) is 10.5 Å². The minimum absolute atomic E-state index is 0.157. The molecule has 3 N–H and O–H groups in total. The molecule has 1 aromatic carbocycles. The van der Waals surface area contributed by atoms with Gasteiger partial charge in [-0.2, -0.15) is 0 Å². The maximum atomic E-state index is 12.0. The van der Waals surface area contributed by atoms with Crippen LogP contribution in [0, 0.1) is 6.92 Å². The molecule has 0 bridgehead atoms. The zero-order valence-corrected chi connectivity index (χ0v) is 14.4. The highest BCUT2D eigenvalue weighted by molar-refractivity contribution is 6.64. The largest absolute Gasteiger partial charge is 0.460 e. The summed E-state index contributed by atoms with van der Waals surface area (Å²) in [6.07, 6.45) is 2.36. The maximum Gasteiger partial charge on any atom is 0.307 e. The van der Waals surface area contributed by atoms with Crippen molar-refractivity contribution >= 4 is 25.3 Å². The van der Waals surface area contributed by atoms with Gasteiger partial charge in [-0.25, -0.2) is 0 Å². The van der Waals surface area contributed by atoms with Crippen LogP contribution in [0.1, 0.15) is 44.7 Å². The Balaban J connectivity index is 2.65. The molecule has 5 nitrogen and oxygen atoms in total. The summed E-state index contributed by atoms with van der Waals surface area (Å²) < 4.78 is 5.34. The molecule has 1 atom stereocenters. The Labute approximate surface area is 139 Å². The van der Waals surface area contributed by atoms with Crippen LogP contribution in [0.25, 0.3) is 0 Å². The molecule has 0 unspecified atom stereocenters. The van der Waals surface area contributed by atoms with Gasteiger partial charge in [0.15, 0.2) is 0 Å². The van der Waals surface area contributed by atoms with Gasteiger partial charge in [0.1, 0.15) is 5.60 Å². The maximum absolute atomic E-state index is 12.0. The first-order valence-corrected chi connectivity index (χ1v) is 7.81. The van der Waals surface area contributed by atoms with Crippen LogP contribution in [0.2, 0.25) is 0 Å². The van der Waals surface area contributed by atoms with Crippen molar-refractivity contribution in [2.75, 3.05) is 5.73 Å². The number of hydrogen-bond donors (Lipinski definition) is 2. The molecule has 0 aliphatic carbocycles. The summed E-state index contributed by atoms with van der Waals surface area (Å²) in [5.41, 5.74) is 8.34. The fraction of sp³-hybridized carbons (Fsp3) is 0.529. The van der Waals surface area contributed by atoms with E-state index in [9.17, 15) is 9.59 Å². The van der Waals surface area contributed by atoms with Gasteiger partial charge in [0.2, 0.25) is 0 Å². The summed E-state index contributed by atoms with van der Waals surface area (Å²) in [6, 6.07) is 5.65. The number of hydrogen-bond acceptors (Lipinski definition) is 5. The Kier molecular flexibility index (Phi) is 7.29. The lowest BCUT2D eigenvalue weighted by molar-refractivity contribution is -0.155. The number of nitrogen functional groups attached to an aromatic ring is 1. The second kappa shape index (κ2) is 8.72. The van der Waals surface area contributed by atoms with Crippen LogP contribution in [0.4, 0.5) is 5.69 Å². The third-order valence-electron chi connectivity index (χ3n) is 3.37. The fourth-order valence-electron chi connectivity index (χ4n) is 2.29.